The second-order valence-corrected chi connectivity index (χ2v) is 10.3. The number of rotatable bonds is 7. The Labute approximate surface area is 216 Å². The van der Waals surface area contributed by atoms with Crippen molar-refractivity contribution < 1.29 is 18.3 Å². The summed E-state index contributed by atoms with van der Waals surface area (Å²) in [5.74, 6) is 0.713. The van der Waals surface area contributed by atoms with E-state index in [1.54, 1.807) is 24.4 Å². The highest BCUT2D eigenvalue weighted by atomic mass is 79.9. The van der Waals surface area contributed by atoms with Crippen LogP contribution < -0.4 is 10.1 Å². The monoisotopic (exact) mass is 559 g/mol. The fourth-order valence-corrected chi connectivity index (χ4v) is 4.00. The molecule has 0 spiro atoms. The summed E-state index contributed by atoms with van der Waals surface area (Å²) < 4.78 is 27.5. The fraction of sp³-hybridized carbons (Fsp3) is 0.231. The minimum Gasteiger partial charge on any atom is -0.486 e. The Hall–Kier alpha value is -3.10. The van der Waals surface area contributed by atoms with Gasteiger partial charge in [0.15, 0.2) is 11.6 Å². The maximum atomic E-state index is 14.1. The molecule has 4 aromatic rings. The van der Waals surface area contributed by atoms with Crippen LogP contribution in [0.25, 0.3) is 0 Å². The average molecular weight is 561 g/mol. The van der Waals surface area contributed by atoms with Gasteiger partial charge in [0.25, 0.3) is 5.91 Å². The Morgan fingerprint density at radius 2 is 1.91 bits per heavy atom. The molecule has 4 rings (SSSR count). The van der Waals surface area contributed by atoms with Crippen molar-refractivity contribution in [3.05, 3.63) is 98.8 Å². The van der Waals surface area contributed by atoms with Crippen LogP contribution in [0.15, 0.2) is 69.7 Å². The Balaban J connectivity index is 1.37. The van der Waals surface area contributed by atoms with E-state index in [1.165, 1.54) is 22.4 Å². The van der Waals surface area contributed by atoms with Crippen LogP contribution in [0.3, 0.4) is 0 Å². The van der Waals surface area contributed by atoms with Crippen LogP contribution in [0.5, 0.6) is 5.75 Å². The van der Waals surface area contributed by atoms with Crippen molar-refractivity contribution in [2.45, 2.75) is 39.3 Å². The molecule has 0 bridgehead atoms. The molecular weight excluding hydrogens is 537 g/mol. The molecule has 0 fully saturated rings. The number of ether oxygens (including phenoxy) is 1. The zero-order chi connectivity index (χ0) is 25.2. The lowest BCUT2D eigenvalue weighted by molar-refractivity contribution is 0.0992. The Bertz CT molecular complexity index is 1320. The van der Waals surface area contributed by atoms with Crippen LogP contribution in [0.1, 0.15) is 48.2 Å². The molecule has 1 amide bonds. The molecule has 9 heteroatoms. The topological polar surface area (TPSA) is 69.3 Å². The summed E-state index contributed by atoms with van der Waals surface area (Å²) in [6, 6.07) is 15.6. The molecule has 0 aliphatic heterocycles. The minimum absolute atomic E-state index is 0.0669. The van der Waals surface area contributed by atoms with Crippen molar-refractivity contribution in [1.29, 1.82) is 0 Å². The lowest BCUT2D eigenvalue weighted by atomic mass is 9.87. The number of hydrogen-bond donors (Lipinski definition) is 1. The number of carbonyl (C=O) groups excluding carboxylic acids is 1. The second-order valence-electron chi connectivity index (χ2n) is 9.01. The van der Waals surface area contributed by atoms with Gasteiger partial charge in [0.2, 0.25) is 0 Å². The summed E-state index contributed by atoms with van der Waals surface area (Å²) in [5, 5.41) is 7.30. The van der Waals surface area contributed by atoms with Crippen LogP contribution in [-0.4, -0.2) is 15.7 Å². The number of aromatic nitrogens is 2. The fourth-order valence-electron chi connectivity index (χ4n) is 3.36. The van der Waals surface area contributed by atoms with E-state index in [-0.39, 0.29) is 30.1 Å². The summed E-state index contributed by atoms with van der Waals surface area (Å²) in [6.07, 6.45) is 1.63. The Morgan fingerprint density at radius 3 is 2.60 bits per heavy atom. The number of nitrogens with zero attached hydrogens (tertiary/aromatic N) is 2. The van der Waals surface area contributed by atoms with Crippen LogP contribution in [-0.2, 0) is 18.6 Å². The highest BCUT2D eigenvalue weighted by molar-refractivity contribution is 9.10. The zero-order valence-corrected chi connectivity index (χ0v) is 21.8. The second kappa shape index (κ2) is 10.3. The number of amides is 1. The van der Waals surface area contributed by atoms with E-state index in [4.69, 9.17) is 20.8 Å². The van der Waals surface area contributed by atoms with Gasteiger partial charge in [0, 0.05) is 16.8 Å². The maximum absolute atomic E-state index is 14.1. The minimum atomic E-state index is -0.472. The van der Waals surface area contributed by atoms with Gasteiger partial charge in [-0.3, -0.25) is 9.48 Å². The van der Waals surface area contributed by atoms with Crippen molar-refractivity contribution in [2.75, 3.05) is 5.32 Å². The van der Waals surface area contributed by atoms with Crippen molar-refractivity contribution in [3.8, 4) is 5.75 Å². The van der Waals surface area contributed by atoms with Crippen molar-refractivity contribution >= 4 is 39.3 Å². The molecule has 6 nitrogen and oxygen atoms in total. The maximum Gasteiger partial charge on any atom is 0.292 e. The molecule has 35 heavy (non-hydrogen) atoms. The van der Waals surface area contributed by atoms with Crippen LogP contribution in [0.2, 0.25) is 5.02 Å². The molecule has 2 aromatic carbocycles. The third-order valence-corrected chi connectivity index (χ3v) is 6.25. The highest BCUT2D eigenvalue weighted by Gasteiger charge is 2.17. The van der Waals surface area contributed by atoms with Crippen LogP contribution >= 0.6 is 27.5 Å². The SMILES string of the molecule is CC(C)(C)c1ccc(OCc2ccc(C(=O)Nc3nn(Cc4c(F)cccc4Cl)cc3Br)o2)cc1. The molecule has 0 radical (unpaired) electrons. The molecule has 0 aliphatic carbocycles. The number of nitrogens with one attached hydrogen (secondary N) is 1. The number of furan rings is 1. The van der Waals surface area contributed by atoms with Crippen molar-refractivity contribution in [2.24, 2.45) is 0 Å². The normalized spacial score (nSPS) is 11.5. The molecule has 2 heterocycles. The Morgan fingerprint density at radius 1 is 1.17 bits per heavy atom. The first-order chi connectivity index (χ1) is 16.6. The van der Waals surface area contributed by atoms with Gasteiger partial charge in [-0.25, -0.2) is 4.39 Å². The van der Waals surface area contributed by atoms with E-state index in [9.17, 15) is 9.18 Å². The lowest BCUT2D eigenvalue weighted by Gasteiger charge is -2.19. The third kappa shape index (κ3) is 6.13. The molecule has 0 unspecified atom stereocenters. The van der Waals surface area contributed by atoms with E-state index >= 15 is 0 Å². The number of hydrogen-bond acceptors (Lipinski definition) is 4. The summed E-state index contributed by atoms with van der Waals surface area (Å²) in [5.41, 5.74) is 1.59. The van der Waals surface area contributed by atoms with E-state index in [2.05, 4.69) is 47.1 Å². The quantitative estimate of drug-likeness (QED) is 0.259. The van der Waals surface area contributed by atoms with Crippen molar-refractivity contribution in [1.82, 2.24) is 9.78 Å². The number of halogens is 3. The number of benzene rings is 2. The first kappa shape index (κ1) is 25.0. The van der Waals surface area contributed by atoms with Gasteiger partial charge in [0.1, 0.15) is 23.9 Å². The summed E-state index contributed by atoms with van der Waals surface area (Å²) in [7, 11) is 0. The van der Waals surface area contributed by atoms with E-state index in [0.717, 1.165) is 0 Å². The highest BCUT2D eigenvalue weighted by Crippen LogP contribution is 2.26. The molecule has 0 aliphatic rings. The lowest BCUT2D eigenvalue weighted by Crippen LogP contribution is -2.12. The standard InChI is InChI=1S/C26H24BrClFN3O3/c1-26(2,3)16-7-9-17(10-8-16)34-15-18-11-12-23(35-18)25(33)30-24-20(27)14-32(31-24)13-19-21(28)5-4-6-22(19)29/h4-12,14H,13,15H2,1-3H3,(H,30,31,33). The van der Waals surface area contributed by atoms with Crippen LogP contribution in [0.4, 0.5) is 10.2 Å². The average Bonchev–Trinajstić information content (AvgIpc) is 3.41. The Kier molecular flexibility index (Phi) is 7.33. The zero-order valence-electron chi connectivity index (χ0n) is 19.4. The molecule has 182 valence electrons. The number of carbonyl (C=O) groups is 1. The predicted octanol–water partition coefficient (Wildman–Crippen LogP) is 7.21. The first-order valence-corrected chi connectivity index (χ1v) is 12.1. The molecule has 0 saturated heterocycles. The van der Waals surface area contributed by atoms with Gasteiger partial charge >= 0.3 is 0 Å². The van der Waals surface area contributed by atoms with Gasteiger partial charge in [0.05, 0.1) is 11.0 Å². The van der Waals surface area contributed by atoms with Gasteiger partial charge in [-0.05, 0) is 63.3 Å². The molecular formula is C26H24BrClFN3O3. The molecule has 1 N–H and O–H groups in total. The molecule has 0 saturated carbocycles. The van der Waals surface area contributed by atoms with E-state index in [1.807, 2.05) is 24.3 Å². The van der Waals surface area contributed by atoms with Gasteiger partial charge in [-0.1, -0.05) is 50.6 Å². The predicted molar refractivity (Wildman–Crippen MR) is 137 cm³/mol. The van der Waals surface area contributed by atoms with Crippen LogP contribution in [0, 0.1) is 5.82 Å². The smallest absolute Gasteiger partial charge is 0.292 e. The van der Waals surface area contributed by atoms with Gasteiger partial charge in [-0.15, -0.1) is 0 Å². The largest absolute Gasteiger partial charge is 0.486 e. The summed E-state index contributed by atoms with van der Waals surface area (Å²) >= 11 is 9.46. The van der Waals surface area contributed by atoms with E-state index in [0.29, 0.717) is 26.6 Å². The first-order valence-electron chi connectivity index (χ1n) is 10.9. The van der Waals surface area contributed by atoms with Gasteiger partial charge in [-0.2, -0.15) is 5.10 Å². The molecule has 2 aromatic heterocycles. The summed E-state index contributed by atoms with van der Waals surface area (Å²) in [6.45, 7) is 6.75. The number of anilines is 1. The van der Waals surface area contributed by atoms with E-state index < -0.39 is 11.7 Å². The summed E-state index contributed by atoms with van der Waals surface area (Å²) in [4.78, 5) is 12.7. The van der Waals surface area contributed by atoms with Gasteiger partial charge < -0.3 is 14.5 Å². The van der Waals surface area contributed by atoms with Crippen molar-refractivity contribution in [3.63, 3.8) is 0 Å². The third-order valence-electron chi connectivity index (χ3n) is 5.32. The molecule has 0 atom stereocenters.